The normalized spacial score (nSPS) is 13.5. The van der Waals surface area contributed by atoms with Crippen molar-refractivity contribution < 1.29 is 14.6 Å². The molecule has 0 saturated heterocycles. The van der Waals surface area contributed by atoms with E-state index >= 15 is 0 Å². The van der Waals surface area contributed by atoms with Crippen LogP contribution >= 0.6 is 0 Å². The number of ether oxygens (including phenoxy) is 2. The Morgan fingerprint density at radius 2 is 2.00 bits per heavy atom. The van der Waals surface area contributed by atoms with Gasteiger partial charge in [-0.1, -0.05) is 12.1 Å². The van der Waals surface area contributed by atoms with Crippen molar-refractivity contribution in [1.29, 1.82) is 0 Å². The predicted molar refractivity (Wildman–Crippen MR) is 68.5 cm³/mol. The topological polar surface area (TPSA) is 38.7 Å². The average molecular weight is 238 g/mol. The van der Waals surface area contributed by atoms with Gasteiger partial charge in [0.25, 0.3) is 0 Å². The van der Waals surface area contributed by atoms with Gasteiger partial charge in [-0.25, -0.2) is 0 Å². The van der Waals surface area contributed by atoms with Gasteiger partial charge < -0.3 is 14.6 Å². The number of hydrogen-bond donors (Lipinski definition) is 1. The largest absolute Gasteiger partial charge is 0.497 e. The van der Waals surface area contributed by atoms with Crippen LogP contribution in [-0.4, -0.2) is 31.5 Å². The van der Waals surface area contributed by atoms with E-state index in [0.29, 0.717) is 6.42 Å². The summed E-state index contributed by atoms with van der Waals surface area (Å²) in [7, 11) is 3.35. The zero-order chi connectivity index (χ0) is 12.9. The minimum atomic E-state index is -0.310. The third kappa shape index (κ3) is 3.45. The predicted octanol–water partition coefficient (Wildman–Crippen LogP) is 2.59. The molecule has 17 heavy (non-hydrogen) atoms. The van der Waals surface area contributed by atoms with Crippen LogP contribution in [0, 0.1) is 0 Å². The molecule has 0 aliphatic rings. The van der Waals surface area contributed by atoms with E-state index in [0.717, 1.165) is 11.3 Å². The van der Waals surface area contributed by atoms with Crippen molar-refractivity contribution in [2.75, 3.05) is 20.8 Å². The number of methoxy groups -OCH3 is 2. The van der Waals surface area contributed by atoms with E-state index in [1.54, 1.807) is 14.2 Å². The van der Waals surface area contributed by atoms with Crippen molar-refractivity contribution >= 4 is 0 Å². The standard InChI is InChI=1S/C14H22O3/c1-14(2,17-4)13(8-9-15)11-6-5-7-12(10-11)16-3/h5-7,10,13,15H,8-9H2,1-4H3. The van der Waals surface area contributed by atoms with Crippen molar-refractivity contribution in [2.45, 2.75) is 31.8 Å². The fourth-order valence-corrected chi connectivity index (χ4v) is 2.05. The summed E-state index contributed by atoms with van der Waals surface area (Å²) < 4.78 is 10.8. The van der Waals surface area contributed by atoms with Gasteiger partial charge in [-0.2, -0.15) is 0 Å². The number of rotatable bonds is 6. The van der Waals surface area contributed by atoms with E-state index in [-0.39, 0.29) is 18.1 Å². The van der Waals surface area contributed by atoms with Gasteiger partial charge in [0.2, 0.25) is 0 Å². The highest BCUT2D eigenvalue weighted by Crippen LogP contribution is 2.34. The maximum atomic E-state index is 9.20. The molecule has 0 fully saturated rings. The molecule has 0 aromatic heterocycles. The molecule has 1 unspecified atom stereocenters. The van der Waals surface area contributed by atoms with Gasteiger partial charge in [-0.15, -0.1) is 0 Å². The van der Waals surface area contributed by atoms with Crippen LogP contribution in [-0.2, 0) is 4.74 Å². The Morgan fingerprint density at radius 1 is 1.29 bits per heavy atom. The van der Waals surface area contributed by atoms with E-state index < -0.39 is 0 Å². The zero-order valence-corrected chi connectivity index (χ0v) is 11.1. The lowest BCUT2D eigenvalue weighted by Crippen LogP contribution is -2.32. The van der Waals surface area contributed by atoms with Crippen LogP contribution in [0.25, 0.3) is 0 Å². The van der Waals surface area contributed by atoms with Crippen LogP contribution in [0.1, 0.15) is 31.7 Å². The molecule has 3 heteroatoms. The van der Waals surface area contributed by atoms with Crippen LogP contribution < -0.4 is 4.74 Å². The minimum Gasteiger partial charge on any atom is -0.497 e. The summed E-state index contributed by atoms with van der Waals surface area (Å²) in [5.41, 5.74) is 0.819. The highest BCUT2D eigenvalue weighted by Gasteiger charge is 2.30. The van der Waals surface area contributed by atoms with E-state index in [1.165, 1.54) is 0 Å². The first-order valence-corrected chi connectivity index (χ1v) is 5.85. The molecule has 1 atom stereocenters. The summed E-state index contributed by atoms with van der Waals surface area (Å²) in [5, 5.41) is 9.20. The molecule has 1 aromatic rings. The van der Waals surface area contributed by atoms with E-state index in [1.807, 2.05) is 38.1 Å². The number of aliphatic hydroxyl groups is 1. The monoisotopic (exact) mass is 238 g/mol. The first-order chi connectivity index (χ1) is 8.05. The highest BCUT2D eigenvalue weighted by molar-refractivity contribution is 5.32. The van der Waals surface area contributed by atoms with E-state index in [2.05, 4.69) is 0 Å². The molecule has 0 bridgehead atoms. The average Bonchev–Trinajstić information content (AvgIpc) is 2.35. The minimum absolute atomic E-state index is 0.146. The summed E-state index contributed by atoms with van der Waals surface area (Å²) in [6.45, 7) is 4.22. The Bertz CT molecular complexity index is 347. The summed E-state index contributed by atoms with van der Waals surface area (Å²) in [6, 6.07) is 7.92. The second kappa shape index (κ2) is 6.03. The molecule has 3 nitrogen and oxygen atoms in total. The molecule has 0 saturated carbocycles. The third-order valence-corrected chi connectivity index (χ3v) is 3.28. The molecule has 0 aliphatic heterocycles. The zero-order valence-electron chi connectivity index (χ0n) is 11.1. The Hall–Kier alpha value is -1.06. The fourth-order valence-electron chi connectivity index (χ4n) is 2.05. The quantitative estimate of drug-likeness (QED) is 0.828. The second-order valence-corrected chi connectivity index (χ2v) is 4.65. The summed E-state index contributed by atoms with van der Waals surface area (Å²) in [6.07, 6.45) is 0.675. The molecule has 0 spiro atoms. The molecule has 0 heterocycles. The molecule has 96 valence electrons. The molecular weight excluding hydrogens is 216 g/mol. The lowest BCUT2D eigenvalue weighted by Gasteiger charge is -2.33. The fraction of sp³-hybridized carbons (Fsp3) is 0.571. The molecule has 1 N–H and O–H groups in total. The molecule has 1 rings (SSSR count). The summed E-state index contributed by atoms with van der Waals surface area (Å²) in [4.78, 5) is 0. The first kappa shape index (κ1) is 14.0. The van der Waals surface area contributed by atoms with E-state index in [9.17, 15) is 5.11 Å². The number of benzene rings is 1. The summed E-state index contributed by atoms with van der Waals surface area (Å²) >= 11 is 0. The van der Waals surface area contributed by atoms with Gasteiger partial charge in [-0.3, -0.25) is 0 Å². The lowest BCUT2D eigenvalue weighted by atomic mass is 9.82. The van der Waals surface area contributed by atoms with Crippen LogP contribution in [0.4, 0.5) is 0 Å². The third-order valence-electron chi connectivity index (χ3n) is 3.28. The smallest absolute Gasteiger partial charge is 0.119 e. The molecule has 0 amide bonds. The second-order valence-electron chi connectivity index (χ2n) is 4.65. The molecule has 1 aromatic carbocycles. The van der Waals surface area contributed by atoms with Crippen molar-refractivity contribution in [3.8, 4) is 5.75 Å². The van der Waals surface area contributed by atoms with Gasteiger partial charge >= 0.3 is 0 Å². The van der Waals surface area contributed by atoms with Crippen molar-refractivity contribution in [3.05, 3.63) is 29.8 Å². The van der Waals surface area contributed by atoms with Gasteiger partial charge in [-0.05, 0) is 38.0 Å². The Morgan fingerprint density at radius 3 is 2.53 bits per heavy atom. The number of hydrogen-bond acceptors (Lipinski definition) is 3. The Labute approximate surface area is 103 Å². The van der Waals surface area contributed by atoms with Gasteiger partial charge in [0.05, 0.1) is 12.7 Å². The molecular formula is C14H22O3. The molecule has 0 radical (unpaired) electrons. The SMILES string of the molecule is COc1cccc(C(CCO)C(C)(C)OC)c1. The maximum Gasteiger partial charge on any atom is 0.119 e. The van der Waals surface area contributed by atoms with Crippen LogP contribution in [0.2, 0.25) is 0 Å². The van der Waals surface area contributed by atoms with Crippen LogP contribution in [0.15, 0.2) is 24.3 Å². The maximum absolute atomic E-state index is 9.20. The first-order valence-electron chi connectivity index (χ1n) is 5.85. The van der Waals surface area contributed by atoms with Crippen molar-refractivity contribution in [2.24, 2.45) is 0 Å². The lowest BCUT2D eigenvalue weighted by molar-refractivity contribution is -0.00780. The Balaban J connectivity index is 3.04. The van der Waals surface area contributed by atoms with Crippen LogP contribution in [0.3, 0.4) is 0 Å². The van der Waals surface area contributed by atoms with Crippen LogP contribution in [0.5, 0.6) is 5.75 Å². The summed E-state index contributed by atoms with van der Waals surface area (Å²) in [5.74, 6) is 0.977. The number of aliphatic hydroxyl groups excluding tert-OH is 1. The molecule has 0 aliphatic carbocycles. The van der Waals surface area contributed by atoms with Crippen molar-refractivity contribution in [3.63, 3.8) is 0 Å². The highest BCUT2D eigenvalue weighted by atomic mass is 16.5. The Kier molecular flexibility index (Phi) is 4.97. The van der Waals surface area contributed by atoms with Gasteiger partial charge in [0, 0.05) is 19.6 Å². The van der Waals surface area contributed by atoms with Crippen molar-refractivity contribution in [1.82, 2.24) is 0 Å². The van der Waals surface area contributed by atoms with E-state index in [4.69, 9.17) is 9.47 Å². The van der Waals surface area contributed by atoms with Gasteiger partial charge in [0.15, 0.2) is 0 Å². The van der Waals surface area contributed by atoms with Gasteiger partial charge in [0.1, 0.15) is 5.75 Å².